The van der Waals surface area contributed by atoms with E-state index in [1.54, 1.807) is 6.92 Å². The number of aliphatic hydroxyl groups excluding tert-OH is 1. The molecule has 0 aromatic rings. The molecular formula is C9H21NO. The van der Waals surface area contributed by atoms with Gasteiger partial charge in [0.25, 0.3) is 0 Å². The highest BCUT2D eigenvalue weighted by atomic mass is 16.3. The van der Waals surface area contributed by atoms with Gasteiger partial charge >= 0.3 is 0 Å². The summed E-state index contributed by atoms with van der Waals surface area (Å²) in [7, 11) is 0. The fourth-order valence-corrected chi connectivity index (χ4v) is 1.27. The first-order valence-corrected chi connectivity index (χ1v) is 4.32. The van der Waals surface area contributed by atoms with Crippen LogP contribution in [0.3, 0.4) is 0 Å². The Morgan fingerprint density at radius 2 is 1.82 bits per heavy atom. The van der Waals surface area contributed by atoms with E-state index in [9.17, 15) is 0 Å². The van der Waals surface area contributed by atoms with Gasteiger partial charge in [-0.3, -0.25) is 5.32 Å². The Balaban J connectivity index is 3.96. The second-order valence-corrected chi connectivity index (χ2v) is 4.17. The summed E-state index contributed by atoms with van der Waals surface area (Å²) >= 11 is 0. The average Bonchev–Trinajstić information content (AvgIpc) is 1.79. The summed E-state index contributed by atoms with van der Waals surface area (Å²) in [5.41, 5.74) is 0.228. The first kappa shape index (κ1) is 10.9. The van der Waals surface area contributed by atoms with Crippen LogP contribution in [0.4, 0.5) is 0 Å². The molecule has 0 aromatic carbocycles. The molecular weight excluding hydrogens is 138 g/mol. The molecule has 0 radical (unpaired) electrons. The minimum absolute atomic E-state index is 0.228. The van der Waals surface area contributed by atoms with E-state index < -0.39 is 6.23 Å². The van der Waals surface area contributed by atoms with Gasteiger partial charge in [0, 0.05) is 6.04 Å². The van der Waals surface area contributed by atoms with E-state index in [0.717, 1.165) is 6.42 Å². The molecule has 0 aliphatic carbocycles. The van der Waals surface area contributed by atoms with Gasteiger partial charge < -0.3 is 5.11 Å². The van der Waals surface area contributed by atoms with E-state index in [2.05, 4.69) is 33.0 Å². The predicted molar refractivity (Wildman–Crippen MR) is 48.4 cm³/mol. The summed E-state index contributed by atoms with van der Waals surface area (Å²) in [6, 6.07) is 0.391. The minimum Gasteiger partial charge on any atom is -0.379 e. The molecule has 2 unspecified atom stereocenters. The van der Waals surface area contributed by atoms with Crippen LogP contribution < -0.4 is 5.32 Å². The third-order valence-electron chi connectivity index (χ3n) is 1.90. The number of hydrogen-bond donors (Lipinski definition) is 2. The van der Waals surface area contributed by atoms with Gasteiger partial charge in [-0.05, 0) is 18.8 Å². The van der Waals surface area contributed by atoms with Crippen molar-refractivity contribution < 1.29 is 5.11 Å². The predicted octanol–water partition coefficient (Wildman–Crippen LogP) is 1.74. The molecule has 0 heterocycles. The Morgan fingerprint density at radius 3 is 1.91 bits per heavy atom. The molecule has 0 aliphatic heterocycles. The van der Waals surface area contributed by atoms with Gasteiger partial charge in [0.05, 0.1) is 0 Å². The molecule has 2 N–H and O–H groups in total. The van der Waals surface area contributed by atoms with E-state index in [0.29, 0.717) is 6.04 Å². The van der Waals surface area contributed by atoms with Crippen molar-refractivity contribution in [1.82, 2.24) is 5.32 Å². The van der Waals surface area contributed by atoms with Gasteiger partial charge in [0.2, 0.25) is 0 Å². The maximum atomic E-state index is 9.11. The molecule has 68 valence electrons. The summed E-state index contributed by atoms with van der Waals surface area (Å²) < 4.78 is 0. The molecule has 0 saturated heterocycles. The number of aliphatic hydroxyl groups is 1. The fraction of sp³-hybridized carbons (Fsp3) is 1.00. The normalized spacial score (nSPS) is 18.0. The highest BCUT2D eigenvalue weighted by Crippen LogP contribution is 2.21. The lowest BCUT2D eigenvalue weighted by Gasteiger charge is -2.31. The molecule has 11 heavy (non-hydrogen) atoms. The molecule has 0 saturated carbocycles. The van der Waals surface area contributed by atoms with Crippen molar-refractivity contribution in [3.8, 4) is 0 Å². The topological polar surface area (TPSA) is 32.3 Å². The average molecular weight is 159 g/mol. The zero-order chi connectivity index (χ0) is 9.07. The molecule has 2 nitrogen and oxygen atoms in total. The van der Waals surface area contributed by atoms with Crippen LogP contribution in [0.5, 0.6) is 0 Å². The van der Waals surface area contributed by atoms with Crippen LogP contribution in [-0.2, 0) is 0 Å². The van der Waals surface area contributed by atoms with Gasteiger partial charge in [-0.15, -0.1) is 0 Å². The Kier molecular flexibility index (Phi) is 4.04. The van der Waals surface area contributed by atoms with Crippen LogP contribution in [0.1, 0.15) is 41.0 Å². The first-order valence-electron chi connectivity index (χ1n) is 4.32. The molecule has 0 rings (SSSR count). The van der Waals surface area contributed by atoms with Crippen LogP contribution in [0.2, 0.25) is 0 Å². The smallest absolute Gasteiger partial charge is 0.102 e. The lowest BCUT2D eigenvalue weighted by Crippen LogP contribution is -2.44. The maximum absolute atomic E-state index is 9.11. The Bertz CT molecular complexity index is 105. The lowest BCUT2D eigenvalue weighted by molar-refractivity contribution is 0.107. The van der Waals surface area contributed by atoms with Crippen molar-refractivity contribution in [3.63, 3.8) is 0 Å². The second kappa shape index (κ2) is 4.07. The van der Waals surface area contributed by atoms with E-state index in [4.69, 9.17) is 5.11 Å². The van der Waals surface area contributed by atoms with Crippen LogP contribution in [-0.4, -0.2) is 17.4 Å². The largest absolute Gasteiger partial charge is 0.379 e. The fourth-order valence-electron chi connectivity index (χ4n) is 1.27. The van der Waals surface area contributed by atoms with Crippen LogP contribution >= 0.6 is 0 Å². The molecule has 0 spiro atoms. The Labute approximate surface area is 70.0 Å². The summed E-state index contributed by atoms with van der Waals surface area (Å²) in [5.74, 6) is 0. The Hall–Kier alpha value is -0.0800. The van der Waals surface area contributed by atoms with Gasteiger partial charge in [0.1, 0.15) is 6.23 Å². The molecule has 0 aliphatic rings. The van der Waals surface area contributed by atoms with E-state index in [-0.39, 0.29) is 5.41 Å². The van der Waals surface area contributed by atoms with Crippen molar-refractivity contribution >= 4 is 0 Å². The minimum atomic E-state index is -0.404. The number of nitrogens with one attached hydrogen (secondary N) is 1. The number of hydrogen-bond acceptors (Lipinski definition) is 2. The van der Waals surface area contributed by atoms with Gasteiger partial charge in [-0.2, -0.15) is 0 Å². The van der Waals surface area contributed by atoms with Gasteiger partial charge in [-0.1, -0.05) is 27.7 Å². The van der Waals surface area contributed by atoms with Crippen LogP contribution in [0.25, 0.3) is 0 Å². The van der Waals surface area contributed by atoms with Crippen molar-refractivity contribution in [3.05, 3.63) is 0 Å². The zero-order valence-electron chi connectivity index (χ0n) is 8.31. The van der Waals surface area contributed by atoms with E-state index in [1.165, 1.54) is 0 Å². The maximum Gasteiger partial charge on any atom is 0.102 e. The molecule has 2 heteroatoms. The van der Waals surface area contributed by atoms with Gasteiger partial charge in [-0.25, -0.2) is 0 Å². The quantitative estimate of drug-likeness (QED) is 0.615. The summed E-state index contributed by atoms with van der Waals surface area (Å²) in [4.78, 5) is 0. The van der Waals surface area contributed by atoms with Crippen molar-refractivity contribution in [1.29, 1.82) is 0 Å². The Morgan fingerprint density at radius 1 is 1.36 bits per heavy atom. The second-order valence-electron chi connectivity index (χ2n) is 4.17. The molecule has 2 atom stereocenters. The summed E-state index contributed by atoms with van der Waals surface area (Å²) in [6.07, 6.45) is 0.646. The number of rotatable bonds is 3. The highest BCUT2D eigenvalue weighted by molar-refractivity contribution is 4.79. The molecule has 0 amide bonds. The molecule has 0 bridgehead atoms. The van der Waals surface area contributed by atoms with E-state index >= 15 is 0 Å². The summed E-state index contributed by atoms with van der Waals surface area (Å²) in [6.45, 7) is 10.4. The highest BCUT2D eigenvalue weighted by Gasteiger charge is 2.23. The lowest BCUT2D eigenvalue weighted by atomic mass is 9.85. The monoisotopic (exact) mass is 159 g/mol. The van der Waals surface area contributed by atoms with Gasteiger partial charge in [0.15, 0.2) is 0 Å². The standard InChI is InChI=1S/C9H21NO/c1-6-8(9(3,4)5)10-7(2)11/h7-8,10-11H,6H2,1-5H3. The van der Waals surface area contributed by atoms with Crippen LogP contribution in [0.15, 0.2) is 0 Å². The summed E-state index contributed by atoms with van der Waals surface area (Å²) in [5, 5.41) is 12.2. The third-order valence-corrected chi connectivity index (χ3v) is 1.90. The van der Waals surface area contributed by atoms with Crippen molar-refractivity contribution in [2.75, 3.05) is 0 Å². The van der Waals surface area contributed by atoms with E-state index in [1.807, 2.05) is 0 Å². The zero-order valence-corrected chi connectivity index (χ0v) is 8.31. The molecule has 0 fully saturated rings. The van der Waals surface area contributed by atoms with Crippen LogP contribution in [0, 0.1) is 5.41 Å². The first-order chi connectivity index (χ1) is 4.88. The van der Waals surface area contributed by atoms with Crippen molar-refractivity contribution in [2.24, 2.45) is 5.41 Å². The molecule has 0 aromatic heterocycles. The van der Waals surface area contributed by atoms with Crippen molar-refractivity contribution in [2.45, 2.75) is 53.3 Å². The SMILES string of the molecule is CCC(NC(C)O)C(C)(C)C. The third kappa shape index (κ3) is 4.38.